The van der Waals surface area contributed by atoms with Gasteiger partial charge in [0.2, 0.25) is 0 Å². The molecule has 162 valence electrons. The highest BCUT2D eigenvalue weighted by atomic mass is 16.7. The van der Waals surface area contributed by atoms with Gasteiger partial charge >= 0.3 is 0 Å². The van der Waals surface area contributed by atoms with Crippen molar-refractivity contribution in [2.75, 3.05) is 19.8 Å². The monoisotopic (exact) mass is 396 g/mol. The SMILES string of the molecule is C[C@H]1CC[C@@H]2[C@]3(C)COC(C)(C)O[C@H]3CC[C@]2(C)[C@]12CC[C@](CO)(CCO)O2. The Balaban J connectivity index is 1.70. The predicted octanol–water partition coefficient (Wildman–Crippen LogP) is 3.65. The quantitative estimate of drug-likeness (QED) is 0.762. The maximum atomic E-state index is 10.1. The van der Waals surface area contributed by atoms with E-state index in [1.807, 2.05) is 13.8 Å². The summed E-state index contributed by atoms with van der Waals surface area (Å²) in [7, 11) is 0. The number of hydrogen-bond acceptors (Lipinski definition) is 5. The number of fused-ring (bicyclic) bond motifs is 4. The standard InChI is InChI=1S/C23H40O5/c1-16-6-7-17-20(4)15-26-19(2,3)27-18(20)8-9-21(17,5)23(16)11-10-22(14-25,28-23)12-13-24/h16-18,24-25H,6-15H2,1-5H3/t16-,17+,18-,20-,21-,22+,23-/m0/s1. The van der Waals surface area contributed by atoms with Crippen LogP contribution in [0.5, 0.6) is 0 Å². The van der Waals surface area contributed by atoms with Crippen LogP contribution in [0.15, 0.2) is 0 Å². The molecule has 2 saturated heterocycles. The number of hydrogen-bond donors (Lipinski definition) is 2. The van der Waals surface area contributed by atoms with E-state index in [9.17, 15) is 10.2 Å². The molecule has 0 aromatic rings. The molecule has 28 heavy (non-hydrogen) atoms. The normalized spacial score (nSPS) is 53.0. The van der Waals surface area contributed by atoms with Crippen LogP contribution >= 0.6 is 0 Å². The summed E-state index contributed by atoms with van der Waals surface area (Å²) >= 11 is 0. The molecule has 2 N–H and O–H groups in total. The van der Waals surface area contributed by atoms with Crippen molar-refractivity contribution in [2.24, 2.45) is 22.7 Å². The maximum Gasteiger partial charge on any atom is 0.163 e. The van der Waals surface area contributed by atoms with Crippen molar-refractivity contribution in [3.8, 4) is 0 Å². The second-order valence-corrected chi connectivity index (χ2v) is 11.1. The molecule has 0 radical (unpaired) electrons. The summed E-state index contributed by atoms with van der Waals surface area (Å²) in [5, 5.41) is 19.7. The minimum absolute atomic E-state index is 0.0108. The van der Waals surface area contributed by atoms with Crippen molar-refractivity contribution in [1.82, 2.24) is 0 Å². The van der Waals surface area contributed by atoms with Crippen LogP contribution in [0.2, 0.25) is 0 Å². The van der Waals surface area contributed by atoms with E-state index in [0.29, 0.717) is 18.3 Å². The van der Waals surface area contributed by atoms with Gasteiger partial charge in [-0.1, -0.05) is 20.8 Å². The van der Waals surface area contributed by atoms with Crippen LogP contribution < -0.4 is 0 Å². The Labute approximate surface area is 170 Å². The first-order valence-corrected chi connectivity index (χ1v) is 11.3. The molecule has 4 fully saturated rings. The fourth-order valence-electron chi connectivity index (χ4n) is 7.57. The summed E-state index contributed by atoms with van der Waals surface area (Å²) in [6.07, 6.45) is 6.95. The second-order valence-electron chi connectivity index (χ2n) is 11.1. The molecule has 7 atom stereocenters. The van der Waals surface area contributed by atoms with Crippen LogP contribution in [0.1, 0.15) is 79.6 Å². The Morgan fingerprint density at radius 1 is 0.964 bits per heavy atom. The van der Waals surface area contributed by atoms with Crippen LogP contribution in [-0.4, -0.2) is 53.1 Å². The van der Waals surface area contributed by atoms with Crippen LogP contribution in [-0.2, 0) is 14.2 Å². The molecular formula is C23H40O5. The summed E-state index contributed by atoms with van der Waals surface area (Å²) in [5.41, 5.74) is -0.820. The van der Waals surface area contributed by atoms with Crippen LogP contribution in [0, 0.1) is 22.7 Å². The lowest BCUT2D eigenvalue weighted by atomic mass is 9.43. The third-order valence-electron chi connectivity index (χ3n) is 9.24. The van der Waals surface area contributed by atoms with Gasteiger partial charge in [-0.2, -0.15) is 0 Å². The van der Waals surface area contributed by atoms with Gasteiger partial charge in [-0.15, -0.1) is 0 Å². The highest BCUT2D eigenvalue weighted by molar-refractivity contribution is 5.18. The zero-order chi connectivity index (χ0) is 20.4. The first-order valence-electron chi connectivity index (χ1n) is 11.3. The van der Waals surface area contributed by atoms with E-state index in [2.05, 4.69) is 20.8 Å². The molecule has 2 saturated carbocycles. The Morgan fingerprint density at radius 2 is 1.71 bits per heavy atom. The molecule has 1 spiro atoms. The summed E-state index contributed by atoms with van der Waals surface area (Å²) in [5.74, 6) is 0.409. The van der Waals surface area contributed by atoms with Crippen molar-refractivity contribution < 1.29 is 24.4 Å². The zero-order valence-corrected chi connectivity index (χ0v) is 18.4. The molecule has 2 aliphatic carbocycles. The van der Waals surface area contributed by atoms with E-state index in [1.54, 1.807) is 0 Å². The third kappa shape index (κ3) is 2.76. The highest BCUT2D eigenvalue weighted by Crippen LogP contribution is 2.69. The summed E-state index contributed by atoms with van der Waals surface area (Å²) in [4.78, 5) is 0. The number of aliphatic hydroxyl groups excluding tert-OH is 2. The van der Waals surface area contributed by atoms with E-state index in [4.69, 9.17) is 14.2 Å². The second kappa shape index (κ2) is 6.65. The van der Waals surface area contributed by atoms with E-state index < -0.39 is 11.4 Å². The molecule has 0 unspecified atom stereocenters. The fourth-order valence-corrected chi connectivity index (χ4v) is 7.57. The first-order chi connectivity index (χ1) is 13.1. The molecule has 5 heteroatoms. The van der Waals surface area contributed by atoms with E-state index in [0.717, 1.165) is 38.7 Å². The van der Waals surface area contributed by atoms with Gasteiger partial charge in [-0.25, -0.2) is 0 Å². The van der Waals surface area contributed by atoms with Gasteiger partial charge in [0, 0.05) is 23.9 Å². The van der Waals surface area contributed by atoms with Crippen molar-refractivity contribution in [1.29, 1.82) is 0 Å². The molecule has 4 rings (SSSR count). The van der Waals surface area contributed by atoms with E-state index in [-0.39, 0.29) is 35.7 Å². The smallest absolute Gasteiger partial charge is 0.163 e. The Bertz CT molecular complexity index is 608. The highest BCUT2D eigenvalue weighted by Gasteiger charge is 2.70. The zero-order valence-electron chi connectivity index (χ0n) is 18.4. The molecule has 5 nitrogen and oxygen atoms in total. The van der Waals surface area contributed by atoms with Crippen molar-refractivity contribution in [3.05, 3.63) is 0 Å². The Hall–Kier alpha value is -0.200. The maximum absolute atomic E-state index is 10.1. The largest absolute Gasteiger partial charge is 0.396 e. The predicted molar refractivity (Wildman–Crippen MR) is 107 cm³/mol. The first kappa shape index (κ1) is 21.0. The van der Waals surface area contributed by atoms with E-state index >= 15 is 0 Å². The van der Waals surface area contributed by atoms with E-state index in [1.165, 1.54) is 6.42 Å². The molecule has 0 bridgehead atoms. The molecule has 4 aliphatic rings. The van der Waals surface area contributed by atoms with Gasteiger partial charge in [0.15, 0.2) is 5.79 Å². The average molecular weight is 397 g/mol. The van der Waals surface area contributed by atoms with Crippen LogP contribution in [0.3, 0.4) is 0 Å². The van der Waals surface area contributed by atoms with Gasteiger partial charge in [0.25, 0.3) is 0 Å². The lowest BCUT2D eigenvalue weighted by molar-refractivity contribution is -0.359. The van der Waals surface area contributed by atoms with Crippen LogP contribution in [0.4, 0.5) is 0 Å². The van der Waals surface area contributed by atoms with Crippen molar-refractivity contribution in [3.63, 3.8) is 0 Å². The number of ether oxygens (including phenoxy) is 3. The van der Waals surface area contributed by atoms with Crippen molar-refractivity contribution >= 4 is 0 Å². The number of rotatable bonds is 3. The molecule has 2 aliphatic heterocycles. The average Bonchev–Trinajstić information content (AvgIpc) is 3.03. The minimum Gasteiger partial charge on any atom is -0.396 e. The van der Waals surface area contributed by atoms with Gasteiger partial charge in [0.1, 0.15) is 0 Å². The Kier molecular flexibility index (Phi) is 5.00. The minimum atomic E-state index is -0.590. The van der Waals surface area contributed by atoms with Gasteiger partial charge in [-0.3, -0.25) is 0 Å². The van der Waals surface area contributed by atoms with Gasteiger partial charge in [-0.05, 0) is 64.2 Å². The fraction of sp³-hybridized carbons (Fsp3) is 1.00. The van der Waals surface area contributed by atoms with Crippen LogP contribution in [0.25, 0.3) is 0 Å². The number of aliphatic hydroxyl groups is 2. The molecule has 0 amide bonds. The molecule has 0 aromatic heterocycles. The summed E-state index contributed by atoms with van der Waals surface area (Å²) in [6, 6.07) is 0. The van der Waals surface area contributed by atoms with Gasteiger partial charge in [0.05, 0.1) is 30.5 Å². The summed E-state index contributed by atoms with van der Waals surface area (Å²) in [6.45, 7) is 12.0. The molecule has 0 aromatic carbocycles. The van der Waals surface area contributed by atoms with Crippen molar-refractivity contribution in [2.45, 2.75) is 103 Å². The van der Waals surface area contributed by atoms with Gasteiger partial charge < -0.3 is 24.4 Å². The lowest BCUT2D eigenvalue weighted by Gasteiger charge is -2.67. The topological polar surface area (TPSA) is 68.2 Å². The lowest BCUT2D eigenvalue weighted by Crippen LogP contribution is -2.69. The molecular weight excluding hydrogens is 356 g/mol. The third-order valence-corrected chi connectivity index (χ3v) is 9.24. The molecule has 2 heterocycles. The summed E-state index contributed by atoms with van der Waals surface area (Å²) < 4.78 is 19.5. The Morgan fingerprint density at radius 3 is 2.39 bits per heavy atom.